The third-order valence-corrected chi connectivity index (χ3v) is 1.87. The van der Waals surface area contributed by atoms with E-state index in [1.165, 1.54) is 6.20 Å². The van der Waals surface area contributed by atoms with E-state index in [2.05, 4.69) is 11.8 Å². The van der Waals surface area contributed by atoms with Crippen molar-refractivity contribution >= 4 is 0 Å². The molecule has 0 radical (unpaired) electrons. The molecule has 0 amide bonds. The third kappa shape index (κ3) is 3.21. The summed E-state index contributed by atoms with van der Waals surface area (Å²) in [6, 6.07) is 0. The van der Waals surface area contributed by atoms with Gasteiger partial charge in [0, 0.05) is 19.4 Å². The molecule has 0 unspecified atom stereocenters. The van der Waals surface area contributed by atoms with Gasteiger partial charge in [-0.05, 0) is 12.1 Å². The van der Waals surface area contributed by atoms with Gasteiger partial charge in [0.25, 0.3) is 0 Å². The zero-order valence-electron chi connectivity index (χ0n) is 9.01. The van der Waals surface area contributed by atoms with Crippen molar-refractivity contribution in [3.05, 3.63) is 41.5 Å². The van der Waals surface area contributed by atoms with E-state index < -0.39 is 0 Å². The van der Waals surface area contributed by atoms with E-state index in [-0.39, 0.29) is 0 Å². The van der Waals surface area contributed by atoms with Crippen LogP contribution in [-0.2, 0) is 4.74 Å². The van der Waals surface area contributed by atoms with Crippen molar-refractivity contribution in [2.24, 2.45) is 5.18 Å². The Morgan fingerprint density at radius 3 is 3.00 bits per heavy atom. The monoisotopic (exact) mass is 209 g/mol. The first-order valence-electron chi connectivity index (χ1n) is 4.57. The zero-order valence-corrected chi connectivity index (χ0v) is 9.01. The average Bonchev–Trinajstić information content (AvgIpc) is 2.50. The predicted octanol–water partition coefficient (Wildman–Crippen LogP) is 1.82. The smallest absolute Gasteiger partial charge is 0.136 e. The maximum Gasteiger partial charge on any atom is 0.136 e. The molecule has 5 heteroatoms. The quantitative estimate of drug-likeness (QED) is 0.512. The van der Waals surface area contributed by atoms with E-state index >= 15 is 0 Å². The van der Waals surface area contributed by atoms with Gasteiger partial charge in [-0.1, -0.05) is 12.2 Å². The average molecular weight is 209 g/mol. The predicted molar refractivity (Wildman–Crippen MR) is 58.3 cm³/mol. The second-order valence-electron chi connectivity index (χ2n) is 3.41. The number of ether oxygens (including phenoxy) is 1. The van der Waals surface area contributed by atoms with Gasteiger partial charge in [0.15, 0.2) is 0 Å². The van der Waals surface area contributed by atoms with Crippen LogP contribution in [0, 0.1) is 4.91 Å². The van der Waals surface area contributed by atoms with Gasteiger partial charge >= 0.3 is 0 Å². The van der Waals surface area contributed by atoms with Crippen molar-refractivity contribution in [2.45, 2.75) is 6.92 Å². The highest BCUT2D eigenvalue weighted by Crippen LogP contribution is 2.17. The summed E-state index contributed by atoms with van der Waals surface area (Å²) in [5, 5.41) is 2.75. The summed E-state index contributed by atoms with van der Waals surface area (Å²) < 4.78 is 5.37. The minimum atomic E-state index is 0.384. The Morgan fingerprint density at radius 2 is 2.40 bits per heavy atom. The van der Waals surface area contributed by atoms with Gasteiger partial charge in [0.1, 0.15) is 18.8 Å². The summed E-state index contributed by atoms with van der Waals surface area (Å²) in [7, 11) is 1.84. The first-order valence-corrected chi connectivity index (χ1v) is 4.57. The highest BCUT2D eigenvalue weighted by atomic mass is 16.5. The van der Waals surface area contributed by atoms with Crippen LogP contribution in [-0.4, -0.2) is 30.2 Å². The van der Waals surface area contributed by atoms with Crippen LogP contribution < -0.4 is 0 Å². The molecule has 0 atom stereocenters. The molecule has 0 aromatic rings. The molecule has 1 aliphatic rings. The Bertz CT molecular complexity index is 310. The highest BCUT2D eigenvalue weighted by molar-refractivity contribution is 5.12. The Hall–Kier alpha value is -1.62. The van der Waals surface area contributed by atoms with Crippen molar-refractivity contribution in [1.29, 1.82) is 0 Å². The lowest BCUT2D eigenvalue weighted by Gasteiger charge is -2.20. The maximum atomic E-state index is 10.2. The van der Waals surface area contributed by atoms with E-state index in [1.54, 1.807) is 9.80 Å². The molecule has 0 saturated heterocycles. The Balaban J connectivity index is 2.47. The third-order valence-electron chi connectivity index (χ3n) is 1.87. The molecule has 1 heterocycles. The molecule has 82 valence electrons. The number of nitrogens with zero attached hydrogens (tertiary/aromatic N) is 3. The van der Waals surface area contributed by atoms with Crippen LogP contribution >= 0.6 is 0 Å². The van der Waals surface area contributed by atoms with Gasteiger partial charge in [-0.15, -0.1) is 4.91 Å². The number of hydrogen-bond donors (Lipinski definition) is 0. The van der Waals surface area contributed by atoms with Crippen LogP contribution in [0.5, 0.6) is 0 Å². The molecule has 0 fully saturated rings. The van der Waals surface area contributed by atoms with Crippen LogP contribution in [0.4, 0.5) is 0 Å². The number of nitroso groups, excluding NO2 is 1. The number of hydrogen-bond acceptors (Lipinski definition) is 5. The van der Waals surface area contributed by atoms with Gasteiger partial charge in [-0.2, -0.15) is 0 Å². The lowest BCUT2D eigenvalue weighted by Crippen LogP contribution is -2.23. The summed E-state index contributed by atoms with van der Waals surface area (Å²) in [5.74, 6) is 0.701. The molecule has 0 aliphatic carbocycles. The highest BCUT2D eigenvalue weighted by Gasteiger charge is 2.16. The second-order valence-corrected chi connectivity index (χ2v) is 3.41. The molecular weight excluding hydrogens is 194 g/mol. The summed E-state index contributed by atoms with van der Waals surface area (Å²) in [4.78, 5) is 13.8. The molecule has 1 rings (SSSR count). The largest absolute Gasteiger partial charge is 0.356 e. The van der Waals surface area contributed by atoms with Crippen molar-refractivity contribution in [2.75, 3.05) is 20.4 Å². The second kappa shape index (κ2) is 5.31. The fraction of sp³-hybridized carbons (Fsp3) is 0.400. The van der Waals surface area contributed by atoms with E-state index in [9.17, 15) is 4.91 Å². The van der Waals surface area contributed by atoms with Crippen LogP contribution in [0.25, 0.3) is 0 Å². The maximum absolute atomic E-state index is 10.2. The Morgan fingerprint density at radius 1 is 1.67 bits per heavy atom. The van der Waals surface area contributed by atoms with Crippen LogP contribution in [0.2, 0.25) is 0 Å². The first-order chi connectivity index (χ1) is 7.15. The minimum absolute atomic E-state index is 0.384. The lowest BCUT2D eigenvalue weighted by atomic mass is 10.4. The minimum Gasteiger partial charge on any atom is -0.356 e. The Kier molecular flexibility index (Phi) is 4.05. The van der Waals surface area contributed by atoms with Gasteiger partial charge < -0.3 is 14.5 Å². The topological polar surface area (TPSA) is 45.1 Å². The molecule has 0 aromatic carbocycles. The lowest BCUT2D eigenvalue weighted by molar-refractivity contribution is 0.0809. The van der Waals surface area contributed by atoms with Crippen LogP contribution in [0.15, 0.2) is 41.7 Å². The first kappa shape index (κ1) is 11.5. The molecule has 5 nitrogen and oxygen atoms in total. The Labute approximate surface area is 89.3 Å². The van der Waals surface area contributed by atoms with Crippen molar-refractivity contribution in [3.63, 3.8) is 0 Å². The number of rotatable bonds is 5. The normalized spacial score (nSPS) is 17.6. The van der Waals surface area contributed by atoms with Crippen molar-refractivity contribution in [1.82, 2.24) is 9.80 Å². The summed E-state index contributed by atoms with van der Waals surface area (Å²) in [6.07, 6.45) is 4.92. The standard InChI is InChI=1S/C10H15N3O2/c1-9(2)7-15-8-13-5-4-12(3)10(13)6-11-14/h4-6H,1,7-8H2,2-3H3/b10-6-. The van der Waals surface area contributed by atoms with E-state index in [4.69, 9.17) is 4.74 Å². The van der Waals surface area contributed by atoms with E-state index in [0.717, 1.165) is 5.57 Å². The zero-order chi connectivity index (χ0) is 11.3. The molecule has 0 N–H and O–H groups in total. The summed E-state index contributed by atoms with van der Waals surface area (Å²) in [6.45, 7) is 6.53. The van der Waals surface area contributed by atoms with Gasteiger partial charge in [0.2, 0.25) is 0 Å². The van der Waals surface area contributed by atoms with Gasteiger partial charge in [0.05, 0.1) is 6.61 Å². The molecule has 15 heavy (non-hydrogen) atoms. The van der Waals surface area contributed by atoms with Crippen molar-refractivity contribution < 1.29 is 4.74 Å². The molecule has 0 bridgehead atoms. The molecule has 0 spiro atoms. The van der Waals surface area contributed by atoms with Crippen molar-refractivity contribution in [3.8, 4) is 0 Å². The molecule has 1 aliphatic heterocycles. The molecular formula is C10H15N3O2. The molecule has 0 aromatic heterocycles. The van der Waals surface area contributed by atoms with Gasteiger partial charge in [-0.3, -0.25) is 0 Å². The van der Waals surface area contributed by atoms with Gasteiger partial charge in [-0.25, -0.2) is 0 Å². The fourth-order valence-electron chi connectivity index (χ4n) is 1.18. The fourth-order valence-corrected chi connectivity index (χ4v) is 1.18. The van der Waals surface area contributed by atoms with E-state index in [1.807, 2.05) is 26.4 Å². The SMILES string of the molecule is C=C(C)COCN1C=CN(C)/C1=C/N=O. The van der Waals surface area contributed by atoms with Crippen LogP contribution in [0.3, 0.4) is 0 Å². The summed E-state index contributed by atoms with van der Waals surface area (Å²) in [5.41, 5.74) is 0.963. The van der Waals surface area contributed by atoms with Crippen LogP contribution in [0.1, 0.15) is 6.92 Å². The van der Waals surface area contributed by atoms with E-state index in [0.29, 0.717) is 19.2 Å². The summed E-state index contributed by atoms with van der Waals surface area (Å²) >= 11 is 0. The molecule has 0 saturated carbocycles.